The van der Waals surface area contributed by atoms with Crippen molar-refractivity contribution in [2.45, 2.75) is 51.4 Å². The molecule has 0 aliphatic carbocycles. The van der Waals surface area contributed by atoms with Crippen LogP contribution in [-0.4, -0.2) is 49.2 Å². The van der Waals surface area contributed by atoms with Gasteiger partial charge < -0.3 is 20.6 Å². The number of hydrogen-bond donors (Lipinski definition) is 4. The lowest BCUT2D eigenvalue weighted by molar-refractivity contribution is -0.139. The second-order valence-electron chi connectivity index (χ2n) is 8.77. The number of aromatic nitrogens is 2. The number of aliphatic carboxylic acids is 1. The summed E-state index contributed by atoms with van der Waals surface area (Å²) in [4.78, 5) is 24.0. The highest BCUT2D eigenvalue weighted by molar-refractivity contribution is 5.95. The Balaban J connectivity index is 1.97. The first kappa shape index (κ1) is 26.8. The van der Waals surface area contributed by atoms with Gasteiger partial charge in [-0.1, -0.05) is 50.3 Å². The fourth-order valence-electron chi connectivity index (χ4n) is 3.83. The van der Waals surface area contributed by atoms with E-state index >= 15 is 0 Å². The summed E-state index contributed by atoms with van der Waals surface area (Å²) in [6.07, 6.45) is -0.00679. The van der Waals surface area contributed by atoms with Crippen LogP contribution in [0.3, 0.4) is 0 Å². The van der Waals surface area contributed by atoms with Gasteiger partial charge in [-0.15, -0.1) is 0 Å². The molecule has 2 unspecified atom stereocenters. The smallest absolute Gasteiger partial charge is 0.305 e. The molecule has 4 N–H and O–H groups in total. The van der Waals surface area contributed by atoms with Crippen molar-refractivity contribution in [1.82, 2.24) is 15.1 Å². The van der Waals surface area contributed by atoms with Crippen molar-refractivity contribution in [3.63, 3.8) is 0 Å². The highest BCUT2D eigenvalue weighted by Gasteiger charge is 2.25. The van der Waals surface area contributed by atoms with Crippen molar-refractivity contribution in [2.75, 3.05) is 0 Å². The van der Waals surface area contributed by atoms with Crippen LogP contribution >= 0.6 is 0 Å². The molecular formula is C27H30FN3O5. The molecule has 0 spiro atoms. The maximum atomic E-state index is 13.6. The van der Waals surface area contributed by atoms with Gasteiger partial charge >= 0.3 is 5.97 Å². The molecule has 2 atom stereocenters. The number of carbonyl (C=O) groups is 2. The molecule has 0 saturated carbocycles. The van der Waals surface area contributed by atoms with E-state index in [4.69, 9.17) is 5.11 Å². The van der Waals surface area contributed by atoms with E-state index in [1.807, 2.05) is 44.2 Å². The van der Waals surface area contributed by atoms with E-state index < -0.39 is 30.4 Å². The lowest BCUT2D eigenvalue weighted by Crippen LogP contribution is -2.24. The van der Waals surface area contributed by atoms with Crippen molar-refractivity contribution in [2.24, 2.45) is 0 Å². The predicted octanol–water partition coefficient (Wildman–Crippen LogP) is 3.66. The highest BCUT2D eigenvalue weighted by Crippen LogP contribution is 2.28. The normalized spacial score (nSPS) is 13.2. The molecule has 0 bridgehead atoms. The van der Waals surface area contributed by atoms with E-state index in [0.29, 0.717) is 23.5 Å². The Kier molecular flexibility index (Phi) is 9.10. The van der Waals surface area contributed by atoms with Crippen LogP contribution in [0.2, 0.25) is 0 Å². The van der Waals surface area contributed by atoms with Gasteiger partial charge in [0.25, 0.3) is 5.91 Å². The van der Waals surface area contributed by atoms with Crippen LogP contribution in [0, 0.1) is 5.82 Å². The van der Waals surface area contributed by atoms with Crippen LogP contribution in [0.15, 0.2) is 60.7 Å². The Morgan fingerprint density at radius 1 is 1.08 bits per heavy atom. The van der Waals surface area contributed by atoms with Crippen LogP contribution in [0.25, 0.3) is 11.8 Å². The van der Waals surface area contributed by atoms with E-state index in [0.717, 1.165) is 5.56 Å². The van der Waals surface area contributed by atoms with Gasteiger partial charge in [0, 0.05) is 18.5 Å². The molecular weight excluding hydrogens is 465 g/mol. The third-order valence-electron chi connectivity index (χ3n) is 5.52. The summed E-state index contributed by atoms with van der Waals surface area (Å²) in [5.74, 6) is -2.10. The molecule has 1 heterocycles. The number of amides is 1. The minimum Gasteiger partial charge on any atom is -0.481 e. The highest BCUT2D eigenvalue weighted by atomic mass is 19.1. The van der Waals surface area contributed by atoms with Crippen LogP contribution in [0.4, 0.5) is 4.39 Å². The number of benzene rings is 2. The Hall–Kier alpha value is -3.82. The summed E-state index contributed by atoms with van der Waals surface area (Å²) in [5.41, 5.74) is 2.77. The number of hydrogen-bond acceptors (Lipinski definition) is 5. The van der Waals surface area contributed by atoms with E-state index in [2.05, 4.69) is 10.4 Å². The van der Waals surface area contributed by atoms with E-state index in [9.17, 15) is 24.2 Å². The second kappa shape index (κ2) is 12.2. The first-order chi connectivity index (χ1) is 17.2. The zero-order chi connectivity index (χ0) is 26.2. The van der Waals surface area contributed by atoms with Gasteiger partial charge in [0.1, 0.15) is 5.82 Å². The van der Waals surface area contributed by atoms with Crippen LogP contribution < -0.4 is 5.32 Å². The molecule has 3 aromatic rings. The average molecular weight is 496 g/mol. The number of aliphatic hydroxyl groups is 2. The lowest BCUT2D eigenvalue weighted by atomic mass is 9.98. The van der Waals surface area contributed by atoms with Crippen LogP contribution in [0.1, 0.15) is 59.9 Å². The Morgan fingerprint density at radius 2 is 1.75 bits per heavy atom. The third kappa shape index (κ3) is 7.10. The van der Waals surface area contributed by atoms with E-state index in [1.165, 1.54) is 35.0 Å². The maximum Gasteiger partial charge on any atom is 0.305 e. The molecule has 0 saturated heterocycles. The van der Waals surface area contributed by atoms with Gasteiger partial charge in [-0.25, -0.2) is 9.07 Å². The molecule has 8 nitrogen and oxygen atoms in total. The number of carbonyl (C=O) groups excluding carboxylic acids is 1. The summed E-state index contributed by atoms with van der Waals surface area (Å²) in [7, 11) is 0. The first-order valence-corrected chi connectivity index (χ1v) is 11.6. The quantitative estimate of drug-likeness (QED) is 0.322. The molecule has 0 fully saturated rings. The maximum absolute atomic E-state index is 13.6. The summed E-state index contributed by atoms with van der Waals surface area (Å²) in [6.45, 7) is 4.13. The number of carboxylic acid groups (broad SMARTS) is 1. The van der Waals surface area contributed by atoms with Crippen molar-refractivity contribution >= 4 is 18.0 Å². The molecule has 0 radical (unpaired) electrons. The van der Waals surface area contributed by atoms with E-state index in [-0.39, 0.29) is 23.9 Å². The Bertz CT molecular complexity index is 1210. The van der Waals surface area contributed by atoms with E-state index in [1.54, 1.807) is 6.08 Å². The molecule has 36 heavy (non-hydrogen) atoms. The summed E-state index contributed by atoms with van der Waals surface area (Å²) >= 11 is 0. The molecule has 3 rings (SSSR count). The third-order valence-corrected chi connectivity index (χ3v) is 5.52. The van der Waals surface area contributed by atoms with Crippen LogP contribution in [0.5, 0.6) is 0 Å². The monoisotopic (exact) mass is 495 g/mol. The number of nitrogens with zero attached hydrogens (tertiary/aromatic N) is 2. The first-order valence-electron chi connectivity index (χ1n) is 11.6. The van der Waals surface area contributed by atoms with Crippen LogP contribution in [-0.2, 0) is 11.3 Å². The van der Waals surface area contributed by atoms with Gasteiger partial charge in [-0.05, 0) is 41.8 Å². The minimum atomic E-state index is -1.21. The largest absolute Gasteiger partial charge is 0.481 e. The van der Waals surface area contributed by atoms with Crippen molar-refractivity contribution in [3.8, 4) is 5.69 Å². The van der Waals surface area contributed by atoms with Gasteiger partial charge in [0.2, 0.25) is 0 Å². The van der Waals surface area contributed by atoms with Crippen molar-refractivity contribution in [3.05, 3.63) is 89.0 Å². The average Bonchev–Trinajstić information content (AvgIpc) is 3.21. The fraction of sp³-hybridized carbons (Fsp3) is 0.296. The Labute approximate surface area is 208 Å². The predicted molar refractivity (Wildman–Crippen MR) is 133 cm³/mol. The zero-order valence-electron chi connectivity index (χ0n) is 20.1. The van der Waals surface area contributed by atoms with Gasteiger partial charge in [0.15, 0.2) is 5.69 Å². The topological polar surface area (TPSA) is 125 Å². The number of carboxylic acids is 1. The second-order valence-corrected chi connectivity index (χ2v) is 8.77. The number of aliphatic hydroxyl groups excluding tert-OH is 2. The van der Waals surface area contributed by atoms with Gasteiger partial charge in [-0.3, -0.25) is 9.59 Å². The molecule has 9 heteroatoms. The summed E-state index contributed by atoms with van der Waals surface area (Å²) in [6, 6.07) is 15.1. The zero-order valence-corrected chi connectivity index (χ0v) is 20.1. The number of halogens is 1. The molecule has 2 aromatic carbocycles. The SMILES string of the molecule is CC(C)c1c(C(=O)NCc2ccccc2)nn(-c2ccc(F)cc2)c1C=CC(O)CC(O)CC(=O)O. The van der Waals surface area contributed by atoms with Crippen molar-refractivity contribution in [1.29, 1.82) is 0 Å². The lowest BCUT2D eigenvalue weighted by Gasteiger charge is -2.12. The number of nitrogens with one attached hydrogen (secondary N) is 1. The van der Waals surface area contributed by atoms with Gasteiger partial charge in [-0.2, -0.15) is 5.10 Å². The Morgan fingerprint density at radius 3 is 2.36 bits per heavy atom. The molecule has 1 aromatic heterocycles. The van der Waals surface area contributed by atoms with Crippen molar-refractivity contribution < 1.29 is 29.3 Å². The summed E-state index contributed by atoms with van der Waals surface area (Å²) in [5, 5.41) is 36.4. The molecule has 0 aliphatic heterocycles. The standard InChI is InChI=1S/C27H30FN3O5/c1-17(2)25-23(13-12-21(32)14-22(33)15-24(34)35)31(20-10-8-19(28)9-11-20)30-26(25)27(36)29-16-18-6-4-3-5-7-18/h3-13,17,21-22,32-33H,14-16H2,1-2H3,(H,29,36)(H,34,35). The van der Waals surface area contributed by atoms with Gasteiger partial charge in [0.05, 0.1) is 30.0 Å². The molecule has 190 valence electrons. The summed E-state index contributed by atoms with van der Waals surface area (Å²) < 4.78 is 15.1. The number of rotatable bonds is 11. The molecule has 0 aliphatic rings. The fourth-order valence-corrected chi connectivity index (χ4v) is 3.83. The minimum absolute atomic E-state index is 0.133. The molecule has 1 amide bonds.